The average Bonchev–Trinajstić information content (AvgIpc) is 3.43. The van der Waals surface area contributed by atoms with Gasteiger partial charge in [-0.1, -0.05) is 54.1 Å². The monoisotopic (exact) mass is 560 g/mol. The maximum absolute atomic E-state index is 13.1. The Bertz CT molecular complexity index is 1450. The number of halogens is 1. The van der Waals surface area contributed by atoms with E-state index in [2.05, 4.69) is 11.0 Å². The fourth-order valence-electron chi connectivity index (χ4n) is 3.23. The van der Waals surface area contributed by atoms with Crippen molar-refractivity contribution in [2.75, 3.05) is 13.7 Å². The van der Waals surface area contributed by atoms with E-state index in [0.29, 0.717) is 32.9 Å². The molecule has 1 saturated heterocycles. The van der Waals surface area contributed by atoms with Gasteiger partial charge in [0.1, 0.15) is 10.8 Å². The van der Waals surface area contributed by atoms with Crippen LogP contribution in [0.2, 0.25) is 4.34 Å². The first-order valence-electron chi connectivity index (χ1n) is 10.6. The number of nitrogens with zero attached hydrogens (tertiary/aromatic N) is 2. The van der Waals surface area contributed by atoms with E-state index >= 15 is 0 Å². The van der Waals surface area contributed by atoms with Gasteiger partial charge in [0, 0.05) is 6.54 Å². The van der Waals surface area contributed by atoms with Crippen molar-refractivity contribution in [1.82, 2.24) is 4.90 Å². The van der Waals surface area contributed by atoms with Crippen LogP contribution in [0, 0.1) is 0 Å². The number of benzene rings is 2. The van der Waals surface area contributed by atoms with Crippen molar-refractivity contribution >= 4 is 61.9 Å². The highest BCUT2D eigenvalue weighted by atomic mass is 35.5. The number of sulfonamides is 1. The summed E-state index contributed by atoms with van der Waals surface area (Å²) in [6.07, 6.45) is 3.16. The van der Waals surface area contributed by atoms with Crippen LogP contribution in [0.3, 0.4) is 0 Å². The van der Waals surface area contributed by atoms with E-state index in [1.54, 1.807) is 24.3 Å². The highest BCUT2D eigenvalue weighted by molar-refractivity contribution is 8.19. The zero-order chi connectivity index (χ0) is 25.7. The molecule has 0 N–H and O–H groups in total. The molecule has 36 heavy (non-hydrogen) atoms. The van der Waals surface area contributed by atoms with Gasteiger partial charge in [-0.15, -0.1) is 22.3 Å². The molecule has 0 saturated carbocycles. The van der Waals surface area contributed by atoms with Crippen LogP contribution >= 0.6 is 34.7 Å². The minimum Gasteiger partial charge on any atom is -0.493 e. The minimum absolute atomic E-state index is 0.000130. The third-order valence-corrected chi connectivity index (χ3v) is 9.01. The normalized spacial score (nSPS) is 16.1. The standard InChI is InChI=1S/C25H21ClN2O5S3/c1-3-13-28-24(29)21(34-25(28)27-36(30,31)23-12-11-22(26)35-23)15-18-9-10-19(20(14-18)32-2)33-16-17-7-5-4-6-8-17/h3-12,14-15H,1,13,16H2,2H3. The van der Waals surface area contributed by atoms with E-state index in [0.717, 1.165) is 28.7 Å². The molecule has 1 amide bonds. The second-order valence-electron chi connectivity index (χ2n) is 7.41. The number of ether oxygens (including phenoxy) is 2. The summed E-state index contributed by atoms with van der Waals surface area (Å²) in [5.41, 5.74) is 1.70. The van der Waals surface area contributed by atoms with Crippen LogP contribution < -0.4 is 9.47 Å². The highest BCUT2D eigenvalue weighted by Crippen LogP contribution is 2.36. The van der Waals surface area contributed by atoms with Crippen molar-refractivity contribution in [3.63, 3.8) is 0 Å². The lowest BCUT2D eigenvalue weighted by Gasteiger charge is -2.12. The molecule has 186 valence electrons. The van der Waals surface area contributed by atoms with Crippen LogP contribution in [0.25, 0.3) is 6.08 Å². The van der Waals surface area contributed by atoms with Crippen LogP contribution in [0.5, 0.6) is 11.5 Å². The smallest absolute Gasteiger partial charge is 0.294 e. The van der Waals surface area contributed by atoms with Gasteiger partial charge in [-0.25, -0.2) is 0 Å². The van der Waals surface area contributed by atoms with Crippen molar-refractivity contribution < 1.29 is 22.7 Å². The van der Waals surface area contributed by atoms with E-state index < -0.39 is 10.0 Å². The van der Waals surface area contributed by atoms with Crippen molar-refractivity contribution in [1.29, 1.82) is 0 Å². The molecule has 1 aliphatic rings. The van der Waals surface area contributed by atoms with E-state index in [-0.39, 0.29) is 21.8 Å². The molecule has 11 heteroatoms. The van der Waals surface area contributed by atoms with Crippen LogP contribution in [0.15, 0.2) is 86.8 Å². The number of amidine groups is 1. The first-order valence-corrected chi connectivity index (χ1v) is 14.0. The fourth-order valence-corrected chi connectivity index (χ4v) is 6.88. The average molecular weight is 561 g/mol. The summed E-state index contributed by atoms with van der Waals surface area (Å²) in [6.45, 7) is 4.15. The Labute approximate surface area is 222 Å². The largest absolute Gasteiger partial charge is 0.493 e. The van der Waals surface area contributed by atoms with Gasteiger partial charge in [0.2, 0.25) is 0 Å². The Morgan fingerprint density at radius 1 is 1.11 bits per heavy atom. The molecule has 4 rings (SSSR count). The number of amides is 1. The Hall–Kier alpha value is -3.05. The second kappa shape index (κ2) is 11.3. The van der Waals surface area contributed by atoms with E-state index in [1.165, 1.54) is 30.2 Å². The predicted octanol–water partition coefficient (Wildman–Crippen LogP) is 5.84. The predicted molar refractivity (Wildman–Crippen MR) is 145 cm³/mol. The summed E-state index contributed by atoms with van der Waals surface area (Å²) in [6, 6.07) is 17.9. The molecular weight excluding hydrogens is 540 g/mol. The first-order chi connectivity index (χ1) is 17.3. The van der Waals surface area contributed by atoms with Crippen molar-refractivity contribution in [3.8, 4) is 11.5 Å². The van der Waals surface area contributed by atoms with Gasteiger partial charge in [-0.05, 0) is 53.2 Å². The van der Waals surface area contributed by atoms with Crippen LogP contribution in [-0.2, 0) is 21.4 Å². The van der Waals surface area contributed by atoms with Gasteiger partial charge in [0.25, 0.3) is 15.9 Å². The van der Waals surface area contributed by atoms with Crippen molar-refractivity contribution in [3.05, 3.63) is 93.7 Å². The number of carbonyl (C=O) groups excluding carboxylic acids is 1. The summed E-state index contributed by atoms with van der Waals surface area (Å²) < 4.78 is 41.1. The Balaban J connectivity index is 1.59. The van der Waals surface area contributed by atoms with Gasteiger partial charge < -0.3 is 9.47 Å². The zero-order valence-corrected chi connectivity index (χ0v) is 22.3. The van der Waals surface area contributed by atoms with Gasteiger partial charge in [-0.3, -0.25) is 9.69 Å². The maximum Gasteiger partial charge on any atom is 0.294 e. The zero-order valence-electron chi connectivity index (χ0n) is 19.1. The maximum atomic E-state index is 13.1. The molecule has 0 bridgehead atoms. The third kappa shape index (κ3) is 6.01. The number of thiophene rings is 1. The fraction of sp³-hybridized carbons (Fsp3) is 0.120. The molecule has 3 aromatic rings. The molecule has 0 aliphatic carbocycles. The van der Waals surface area contributed by atoms with Crippen molar-refractivity contribution in [2.45, 2.75) is 10.8 Å². The van der Waals surface area contributed by atoms with E-state index in [4.69, 9.17) is 21.1 Å². The van der Waals surface area contributed by atoms with Gasteiger partial charge in [0.05, 0.1) is 16.4 Å². The van der Waals surface area contributed by atoms with Crippen molar-refractivity contribution in [2.24, 2.45) is 4.40 Å². The number of methoxy groups -OCH3 is 1. The molecule has 0 radical (unpaired) electrons. The summed E-state index contributed by atoms with van der Waals surface area (Å²) >= 11 is 7.76. The van der Waals surface area contributed by atoms with E-state index in [1.807, 2.05) is 30.3 Å². The number of carbonyl (C=O) groups is 1. The van der Waals surface area contributed by atoms with Gasteiger partial charge in [0.15, 0.2) is 16.7 Å². The van der Waals surface area contributed by atoms with Crippen LogP contribution in [0.4, 0.5) is 0 Å². The van der Waals surface area contributed by atoms with Crippen LogP contribution in [0.1, 0.15) is 11.1 Å². The summed E-state index contributed by atoms with van der Waals surface area (Å²) in [5.74, 6) is 0.691. The molecule has 1 aromatic heterocycles. The molecule has 7 nitrogen and oxygen atoms in total. The lowest BCUT2D eigenvalue weighted by Crippen LogP contribution is -2.29. The SMILES string of the molecule is C=CCN1C(=O)C(=Cc2ccc(OCc3ccccc3)c(OC)c2)SC1=NS(=O)(=O)c1ccc(Cl)s1. The number of rotatable bonds is 9. The molecule has 0 spiro atoms. The number of thioether (sulfide) groups is 1. The molecule has 2 aromatic carbocycles. The Morgan fingerprint density at radius 2 is 1.89 bits per heavy atom. The molecule has 0 unspecified atom stereocenters. The Kier molecular flexibility index (Phi) is 8.20. The van der Waals surface area contributed by atoms with E-state index in [9.17, 15) is 13.2 Å². The lowest BCUT2D eigenvalue weighted by atomic mass is 10.1. The van der Waals surface area contributed by atoms with Gasteiger partial charge >= 0.3 is 0 Å². The minimum atomic E-state index is -4.03. The van der Waals surface area contributed by atoms with Crippen LogP contribution in [-0.4, -0.2) is 38.0 Å². The molecule has 2 heterocycles. The molecular formula is C25H21ClN2O5S3. The lowest BCUT2D eigenvalue weighted by molar-refractivity contribution is -0.121. The molecule has 1 fully saturated rings. The molecule has 0 atom stereocenters. The Morgan fingerprint density at radius 3 is 2.56 bits per heavy atom. The third-order valence-electron chi connectivity index (χ3n) is 4.92. The first kappa shape index (κ1) is 26.0. The summed E-state index contributed by atoms with van der Waals surface area (Å²) in [7, 11) is -2.49. The topological polar surface area (TPSA) is 85.3 Å². The highest BCUT2D eigenvalue weighted by Gasteiger charge is 2.34. The second-order valence-corrected chi connectivity index (χ2v) is 12.0. The summed E-state index contributed by atoms with van der Waals surface area (Å²) in [4.78, 5) is 14.6. The number of hydrogen-bond donors (Lipinski definition) is 0. The van der Waals surface area contributed by atoms with Gasteiger partial charge in [-0.2, -0.15) is 8.42 Å². The number of hydrogen-bond acceptors (Lipinski definition) is 7. The molecule has 1 aliphatic heterocycles. The summed E-state index contributed by atoms with van der Waals surface area (Å²) in [5, 5.41) is 0.0467. The quantitative estimate of drug-likeness (QED) is 0.241.